The van der Waals surface area contributed by atoms with Crippen LogP contribution in [0.15, 0.2) is 12.1 Å². The van der Waals surface area contributed by atoms with Crippen LogP contribution in [-0.2, 0) is 17.6 Å². The van der Waals surface area contributed by atoms with Crippen LogP contribution in [0, 0.1) is 11.6 Å². The molecule has 19 heavy (non-hydrogen) atoms. The van der Waals surface area contributed by atoms with Crippen LogP contribution in [0.5, 0.6) is 0 Å². The van der Waals surface area contributed by atoms with Crippen molar-refractivity contribution in [2.24, 2.45) is 5.73 Å². The van der Waals surface area contributed by atoms with Gasteiger partial charge in [-0.2, -0.15) is 0 Å². The summed E-state index contributed by atoms with van der Waals surface area (Å²) in [6, 6.07) is 3.07. The number of hydrogen-bond donors (Lipinski definition) is 1. The Morgan fingerprint density at radius 3 is 2.05 bits per heavy atom. The summed E-state index contributed by atoms with van der Waals surface area (Å²) in [6.07, 6.45) is 0. The number of rotatable bonds is 4. The average Bonchev–Trinajstić information content (AvgIpc) is 2.29. The van der Waals surface area contributed by atoms with Crippen molar-refractivity contribution in [2.45, 2.75) is 52.1 Å². The van der Waals surface area contributed by atoms with Crippen LogP contribution < -0.4 is 5.73 Å². The maximum Gasteiger partial charge on any atom is 0.192 e. The van der Waals surface area contributed by atoms with E-state index in [0.29, 0.717) is 0 Å². The van der Waals surface area contributed by atoms with E-state index in [2.05, 4.69) is 33.9 Å². The van der Waals surface area contributed by atoms with Gasteiger partial charge in [0.25, 0.3) is 0 Å². The zero-order valence-electron chi connectivity index (χ0n) is 12.3. The van der Waals surface area contributed by atoms with Crippen molar-refractivity contribution in [1.82, 2.24) is 0 Å². The minimum Gasteiger partial charge on any atom is -0.412 e. The van der Waals surface area contributed by atoms with E-state index in [-0.39, 0.29) is 29.3 Å². The second-order valence-corrected chi connectivity index (χ2v) is 11.1. The number of benzene rings is 1. The van der Waals surface area contributed by atoms with Gasteiger partial charge in [0.05, 0.1) is 6.61 Å². The van der Waals surface area contributed by atoms with Crippen molar-refractivity contribution in [3.05, 3.63) is 34.9 Å². The second-order valence-electron chi connectivity index (χ2n) is 6.26. The summed E-state index contributed by atoms with van der Waals surface area (Å²) in [5.41, 5.74) is 5.78. The summed E-state index contributed by atoms with van der Waals surface area (Å²) in [5, 5.41) is 0.0409. The molecule has 0 saturated heterocycles. The highest BCUT2D eigenvalue weighted by molar-refractivity contribution is 6.74. The molecule has 0 aliphatic carbocycles. The first-order valence-electron chi connectivity index (χ1n) is 6.40. The van der Waals surface area contributed by atoms with Gasteiger partial charge in [-0.1, -0.05) is 32.9 Å². The van der Waals surface area contributed by atoms with Crippen LogP contribution in [0.3, 0.4) is 0 Å². The average molecular weight is 287 g/mol. The molecular formula is C14H23F2NOSi. The van der Waals surface area contributed by atoms with Crippen LogP contribution >= 0.6 is 0 Å². The van der Waals surface area contributed by atoms with E-state index >= 15 is 0 Å². The van der Waals surface area contributed by atoms with Crippen molar-refractivity contribution in [3.8, 4) is 0 Å². The van der Waals surface area contributed by atoms with Crippen molar-refractivity contribution in [2.75, 3.05) is 0 Å². The molecule has 0 atom stereocenters. The smallest absolute Gasteiger partial charge is 0.192 e. The maximum atomic E-state index is 13.8. The van der Waals surface area contributed by atoms with Crippen molar-refractivity contribution < 1.29 is 13.2 Å². The fourth-order valence-electron chi connectivity index (χ4n) is 1.37. The molecule has 1 rings (SSSR count). The normalized spacial score (nSPS) is 12.8. The van der Waals surface area contributed by atoms with Gasteiger partial charge < -0.3 is 10.2 Å². The summed E-state index contributed by atoms with van der Waals surface area (Å²) in [4.78, 5) is 0. The van der Waals surface area contributed by atoms with Crippen molar-refractivity contribution >= 4 is 8.32 Å². The standard InChI is InChI=1S/C14H23F2NOSi/c1-14(2,3)19(4,5)18-9-11-7-6-10(8-17)12(15)13(11)16/h6-7H,8-9,17H2,1-5H3. The predicted octanol–water partition coefficient (Wildman–Crippen LogP) is 3.95. The second kappa shape index (κ2) is 5.69. The van der Waals surface area contributed by atoms with Crippen molar-refractivity contribution in [1.29, 1.82) is 0 Å². The number of hydrogen-bond acceptors (Lipinski definition) is 2. The Hall–Kier alpha value is -0.783. The Labute approximate surface area is 115 Å². The minimum absolute atomic E-state index is 0.00781. The highest BCUT2D eigenvalue weighted by Crippen LogP contribution is 2.37. The molecule has 0 aliphatic heterocycles. The van der Waals surface area contributed by atoms with Gasteiger partial charge in [-0.05, 0) is 18.1 Å². The molecule has 0 fully saturated rings. The molecule has 0 radical (unpaired) electrons. The summed E-state index contributed by atoms with van der Waals surface area (Å²) in [5.74, 6) is -1.71. The summed E-state index contributed by atoms with van der Waals surface area (Å²) in [6.45, 7) is 10.6. The van der Waals surface area contributed by atoms with Gasteiger partial charge in [-0.25, -0.2) is 8.78 Å². The molecule has 2 nitrogen and oxygen atoms in total. The van der Waals surface area contributed by atoms with Crippen LogP contribution in [-0.4, -0.2) is 8.32 Å². The Morgan fingerprint density at radius 1 is 1.11 bits per heavy atom. The first kappa shape index (κ1) is 16.3. The third-order valence-corrected chi connectivity index (χ3v) is 8.34. The zero-order valence-corrected chi connectivity index (χ0v) is 13.3. The van der Waals surface area contributed by atoms with E-state index in [0.717, 1.165) is 0 Å². The molecule has 1 aromatic rings. The molecule has 0 spiro atoms. The predicted molar refractivity (Wildman–Crippen MR) is 76.2 cm³/mol. The summed E-state index contributed by atoms with van der Waals surface area (Å²) in [7, 11) is -1.96. The quantitative estimate of drug-likeness (QED) is 0.851. The highest BCUT2D eigenvalue weighted by atomic mass is 28.4. The first-order chi connectivity index (χ1) is 8.60. The van der Waals surface area contributed by atoms with E-state index in [1.165, 1.54) is 6.07 Å². The monoisotopic (exact) mass is 287 g/mol. The Morgan fingerprint density at radius 2 is 1.58 bits per heavy atom. The molecule has 1 aromatic carbocycles. The van der Waals surface area contributed by atoms with Gasteiger partial charge in [0.2, 0.25) is 0 Å². The Bertz CT molecular complexity index is 455. The lowest BCUT2D eigenvalue weighted by molar-refractivity contribution is 0.269. The van der Waals surface area contributed by atoms with Gasteiger partial charge in [0, 0.05) is 17.7 Å². The maximum absolute atomic E-state index is 13.8. The highest BCUT2D eigenvalue weighted by Gasteiger charge is 2.37. The molecule has 0 heterocycles. The Balaban J connectivity index is 2.88. The van der Waals surface area contributed by atoms with Crippen LogP contribution in [0.1, 0.15) is 31.9 Å². The van der Waals surface area contributed by atoms with E-state index in [1.807, 2.05) is 0 Å². The molecule has 0 amide bonds. The largest absolute Gasteiger partial charge is 0.412 e. The number of nitrogens with two attached hydrogens (primary N) is 1. The summed E-state index contributed by atoms with van der Waals surface area (Å²) < 4.78 is 33.3. The van der Waals surface area contributed by atoms with Gasteiger partial charge in [0.15, 0.2) is 20.0 Å². The van der Waals surface area contributed by atoms with E-state index < -0.39 is 20.0 Å². The van der Waals surface area contributed by atoms with Gasteiger partial charge in [0.1, 0.15) is 0 Å². The molecule has 0 bridgehead atoms. The first-order valence-corrected chi connectivity index (χ1v) is 9.31. The third kappa shape index (κ3) is 3.61. The van der Waals surface area contributed by atoms with Gasteiger partial charge >= 0.3 is 0 Å². The lowest BCUT2D eigenvalue weighted by atomic mass is 10.1. The molecule has 5 heteroatoms. The van der Waals surface area contributed by atoms with Crippen molar-refractivity contribution in [3.63, 3.8) is 0 Å². The van der Waals surface area contributed by atoms with E-state index in [1.54, 1.807) is 6.07 Å². The minimum atomic E-state index is -1.96. The van der Waals surface area contributed by atoms with Gasteiger partial charge in [-0.15, -0.1) is 0 Å². The molecular weight excluding hydrogens is 264 g/mol. The van der Waals surface area contributed by atoms with Crippen LogP contribution in [0.4, 0.5) is 8.78 Å². The molecule has 0 aliphatic rings. The van der Waals surface area contributed by atoms with Gasteiger partial charge in [-0.3, -0.25) is 0 Å². The van der Waals surface area contributed by atoms with E-state index in [9.17, 15) is 8.78 Å². The Kier molecular flexibility index (Phi) is 4.87. The molecule has 0 unspecified atom stereocenters. The molecule has 2 N–H and O–H groups in total. The summed E-state index contributed by atoms with van der Waals surface area (Å²) >= 11 is 0. The lowest BCUT2D eigenvalue weighted by Crippen LogP contribution is -2.40. The fraction of sp³-hybridized carbons (Fsp3) is 0.571. The zero-order chi connectivity index (χ0) is 14.8. The SMILES string of the molecule is CC(C)(C)[Si](C)(C)OCc1ccc(CN)c(F)c1F. The molecule has 0 saturated carbocycles. The van der Waals surface area contributed by atoms with E-state index in [4.69, 9.17) is 10.2 Å². The fourth-order valence-corrected chi connectivity index (χ4v) is 2.32. The number of halogens is 2. The molecule has 0 aromatic heterocycles. The topological polar surface area (TPSA) is 35.2 Å². The third-order valence-electron chi connectivity index (χ3n) is 3.86. The molecule has 108 valence electrons. The lowest BCUT2D eigenvalue weighted by Gasteiger charge is -2.36. The van der Waals surface area contributed by atoms with Crippen LogP contribution in [0.25, 0.3) is 0 Å². The van der Waals surface area contributed by atoms with Crippen LogP contribution in [0.2, 0.25) is 18.1 Å².